The van der Waals surface area contributed by atoms with Crippen LogP contribution in [0.25, 0.3) is 0 Å². The highest BCUT2D eigenvalue weighted by atomic mass is 16.3. The molecule has 4 aliphatic carbocycles. The zero-order chi connectivity index (χ0) is 14.8. The number of allylic oxidation sites excluding steroid dienone is 1. The Kier molecular flexibility index (Phi) is 3.13. The zero-order valence-corrected chi connectivity index (χ0v) is 13.9. The van der Waals surface area contributed by atoms with Crippen LogP contribution in [0.1, 0.15) is 71.6 Å². The lowest BCUT2D eigenvalue weighted by Crippen LogP contribution is -2.51. The first-order valence-corrected chi connectivity index (χ1v) is 9.29. The fourth-order valence-electron chi connectivity index (χ4n) is 7.20. The quantitative estimate of drug-likeness (QED) is 0.626. The molecule has 0 saturated heterocycles. The van der Waals surface area contributed by atoms with Gasteiger partial charge >= 0.3 is 0 Å². The van der Waals surface area contributed by atoms with Crippen molar-refractivity contribution in [2.45, 2.75) is 77.7 Å². The molecular weight excluding hydrogens is 256 g/mol. The van der Waals surface area contributed by atoms with Gasteiger partial charge in [0.05, 0.1) is 6.10 Å². The first-order valence-electron chi connectivity index (χ1n) is 9.29. The predicted octanol–water partition coefficient (Wildman–Crippen LogP) is 4.95. The molecule has 0 heterocycles. The van der Waals surface area contributed by atoms with E-state index in [1.54, 1.807) is 0 Å². The van der Waals surface area contributed by atoms with E-state index in [0.29, 0.717) is 5.41 Å². The van der Waals surface area contributed by atoms with E-state index in [9.17, 15) is 5.11 Å². The third-order valence-corrected chi connectivity index (χ3v) is 8.37. The second-order valence-electron chi connectivity index (χ2n) is 9.34. The van der Waals surface area contributed by atoms with Crippen molar-refractivity contribution in [2.75, 3.05) is 0 Å². The van der Waals surface area contributed by atoms with Crippen LogP contribution in [0.3, 0.4) is 0 Å². The van der Waals surface area contributed by atoms with Crippen LogP contribution >= 0.6 is 0 Å². The molecule has 1 heteroatoms. The first kappa shape index (κ1) is 14.3. The number of aliphatic hydroxyl groups excluding tert-OH is 1. The van der Waals surface area contributed by atoms with Crippen molar-refractivity contribution < 1.29 is 5.11 Å². The van der Waals surface area contributed by atoms with Gasteiger partial charge in [0.2, 0.25) is 0 Å². The average Bonchev–Trinajstić information content (AvgIpc) is 2.73. The molecule has 0 spiro atoms. The average molecular weight is 288 g/mol. The number of hydrogen-bond acceptors (Lipinski definition) is 1. The minimum absolute atomic E-state index is 0.0251. The molecule has 0 aromatic heterocycles. The molecular formula is C20H32O. The molecule has 0 aromatic rings. The molecule has 4 saturated carbocycles. The highest BCUT2D eigenvalue weighted by Gasteiger charge is 2.58. The highest BCUT2D eigenvalue weighted by Crippen LogP contribution is 2.65. The smallest absolute Gasteiger partial charge is 0.0596 e. The number of fused-ring (bicyclic) bond motifs is 5. The van der Waals surface area contributed by atoms with Gasteiger partial charge in [-0.3, -0.25) is 0 Å². The molecule has 1 N–H and O–H groups in total. The van der Waals surface area contributed by atoms with Crippen molar-refractivity contribution in [1.82, 2.24) is 0 Å². The Hall–Kier alpha value is -0.300. The van der Waals surface area contributed by atoms with Gasteiger partial charge in [-0.25, -0.2) is 0 Å². The summed E-state index contributed by atoms with van der Waals surface area (Å²) in [4.78, 5) is 0. The predicted molar refractivity (Wildman–Crippen MR) is 86.9 cm³/mol. The van der Waals surface area contributed by atoms with E-state index in [1.165, 1.54) is 56.9 Å². The Labute approximate surface area is 130 Å². The van der Waals surface area contributed by atoms with Crippen LogP contribution in [0.15, 0.2) is 12.2 Å². The molecule has 0 aliphatic heterocycles. The summed E-state index contributed by atoms with van der Waals surface area (Å²) in [5.41, 5.74) is 2.29. The first-order chi connectivity index (χ1) is 9.94. The summed E-state index contributed by atoms with van der Waals surface area (Å²) < 4.78 is 0. The fourth-order valence-corrected chi connectivity index (χ4v) is 7.20. The van der Waals surface area contributed by atoms with Crippen LogP contribution in [0.5, 0.6) is 0 Å². The van der Waals surface area contributed by atoms with Crippen molar-refractivity contribution in [2.24, 2.45) is 34.5 Å². The highest BCUT2D eigenvalue weighted by molar-refractivity contribution is 5.13. The van der Waals surface area contributed by atoms with E-state index in [4.69, 9.17) is 0 Å². The molecule has 4 fully saturated rings. The summed E-state index contributed by atoms with van der Waals surface area (Å²) in [5, 5.41) is 10.5. The van der Waals surface area contributed by atoms with E-state index in [2.05, 4.69) is 20.4 Å². The topological polar surface area (TPSA) is 20.2 Å². The SMILES string of the molecule is C=C1CCC2C3CCC4(C)C(O)CCC4C3CCC2(C)C1. The minimum atomic E-state index is -0.0251. The normalized spacial score (nSPS) is 56.5. The summed E-state index contributed by atoms with van der Waals surface area (Å²) in [5.74, 6) is 3.59. The van der Waals surface area contributed by atoms with Crippen molar-refractivity contribution in [3.63, 3.8) is 0 Å². The summed E-state index contributed by atoms with van der Waals surface area (Å²) in [6.45, 7) is 9.24. The molecule has 0 aromatic carbocycles. The summed E-state index contributed by atoms with van der Waals surface area (Å²) >= 11 is 0. The molecule has 0 amide bonds. The Morgan fingerprint density at radius 2 is 1.67 bits per heavy atom. The van der Waals surface area contributed by atoms with Gasteiger partial charge < -0.3 is 5.11 Å². The van der Waals surface area contributed by atoms with Crippen LogP contribution in [0, 0.1) is 34.5 Å². The van der Waals surface area contributed by atoms with Crippen molar-refractivity contribution >= 4 is 0 Å². The number of hydrogen-bond donors (Lipinski definition) is 1. The molecule has 0 radical (unpaired) electrons. The molecule has 7 atom stereocenters. The second kappa shape index (κ2) is 4.60. The van der Waals surface area contributed by atoms with Gasteiger partial charge in [-0.15, -0.1) is 0 Å². The van der Waals surface area contributed by atoms with Crippen LogP contribution in [-0.2, 0) is 0 Å². The minimum Gasteiger partial charge on any atom is -0.393 e. The maximum atomic E-state index is 10.5. The van der Waals surface area contributed by atoms with Gasteiger partial charge in [0.1, 0.15) is 0 Å². The summed E-state index contributed by atoms with van der Waals surface area (Å²) in [6, 6.07) is 0. The Morgan fingerprint density at radius 3 is 2.48 bits per heavy atom. The molecule has 0 bridgehead atoms. The fraction of sp³-hybridized carbons (Fsp3) is 0.900. The van der Waals surface area contributed by atoms with E-state index in [1.807, 2.05) is 0 Å². The monoisotopic (exact) mass is 288 g/mol. The summed E-state index contributed by atoms with van der Waals surface area (Å²) in [7, 11) is 0. The van der Waals surface area contributed by atoms with Crippen molar-refractivity contribution in [3.8, 4) is 0 Å². The van der Waals surface area contributed by atoms with Crippen LogP contribution in [0.2, 0.25) is 0 Å². The van der Waals surface area contributed by atoms with Gasteiger partial charge in [0.15, 0.2) is 0 Å². The Bertz CT molecular complexity index is 455. The molecule has 118 valence electrons. The van der Waals surface area contributed by atoms with Crippen LogP contribution < -0.4 is 0 Å². The Balaban J connectivity index is 1.62. The van der Waals surface area contributed by atoms with E-state index >= 15 is 0 Å². The molecule has 4 aliphatic rings. The van der Waals surface area contributed by atoms with Crippen LogP contribution in [-0.4, -0.2) is 11.2 Å². The van der Waals surface area contributed by atoms with E-state index in [0.717, 1.165) is 30.1 Å². The molecule has 7 unspecified atom stereocenters. The molecule has 21 heavy (non-hydrogen) atoms. The zero-order valence-electron chi connectivity index (χ0n) is 13.9. The lowest BCUT2D eigenvalue weighted by atomic mass is 9.46. The Morgan fingerprint density at radius 1 is 0.952 bits per heavy atom. The lowest BCUT2D eigenvalue weighted by Gasteiger charge is -2.59. The largest absolute Gasteiger partial charge is 0.393 e. The van der Waals surface area contributed by atoms with E-state index < -0.39 is 0 Å². The number of rotatable bonds is 0. The molecule has 1 nitrogen and oxygen atoms in total. The third kappa shape index (κ3) is 1.92. The van der Waals surface area contributed by atoms with Gasteiger partial charge in [-0.05, 0) is 92.3 Å². The van der Waals surface area contributed by atoms with Crippen LogP contribution in [0.4, 0.5) is 0 Å². The number of aliphatic hydroxyl groups is 1. The van der Waals surface area contributed by atoms with Gasteiger partial charge in [0.25, 0.3) is 0 Å². The van der Waals surface area contributed by atoms with Gasteiger partial charge in [-0.1, -0.05) is 26.0 Å². The van der Waals surface area contributed by atoms with Gasteiger partial charge in [0, 0.05) is 0 Å². The van der Waals surface area contributed by atoms with Crippen molar-refractivity contribution in [1.29, 1.82) is 0 Å². The standard InChI is InChI=1S/C20H32O/c1-13-4-5-16-14-9-11-20(3)17(6-7-18(20)21)15(14)8-10-19(16,2)12-13/h14-18,21H,1,4-12H2,2-3H3. The third-order valence-electron chi connectivity index (χ3n) is 8.37. The van der Waals surface area contributed by atoms with E-state index in [-0.39, 0.29) is 11.5 Å². The maximum Gasteiger partial charge on any atom is 0.0596 e. The maximum absolute atomic E-state index is 10.5. The molecule has 4 rings (SSSR count). The van der Waals surface area contributed by atoms with Gasteiger partial charge in [-0.2, -0.15) is 0 Å². The summed E-state index contributed by atoms with van der Waals surface area (Å²) in [6.07, 6.45) is 11.7. The van der Waals surface area contributed by atoms with Crippen molar-refractivity contribution in [3.05, 3.63) is 12.2 Å². The lowest BCUT2D eigenvalue weighted by molar-refractivity contribution is -0.101. The second-order valence-corrected chi connectivity index (χ2v) is 9.34.